The van der Waals surface area contributed by atoms with E-state index in [9.17, 15) is 13.6 Å². The SMILES string of the molecule is C=C(c1ccccc1OCC(=O)Nc1cc(F)cc(F)c1)n1ccnc1. The Hall–Kier alpha value is -3.48. The Balaban J connectivity index is 1.68. The highest BCUT2D eigenvalue weighted by Crippen LogP contribution is 2.26. The minimum absolute atomic E-state index is 0.0206. The Bertz CT molecular complexity index is 919. The van der Waals surface area contributed by atoms with Crippen LogP contribution in [-0.2, 0) is 4.79 Å². The minimum atomic E-state index is -0.775. The van der Waals surface area contributed by atoms with Gasteiger partial charge in [0.15, 0.2) is 6.61 Å². The Morgan fingerprint density at radius 2 is 1.92 bits per heavy atom. The molecular formula is C19H15F2N3O2. The Labute approximate surface area is 148 Å². The summed E-state index contributed by atoms with van der Waals surface area (Å²) in [6.07, 6.45) is 4.97. The smallest absolute Gasteiger partial charge is 0.262 e. The maximum atomic E-state index is 13.2. The molecule has 7 heteroatoms. The third-order valence-corrected chi connectivity index (χ3v) is 3.52. The van der Waals surface area contributed by atoms with Crippen molar-refractivity contribution in [1.29, 1.82) is 0 Å². The zero-order valence-electron chi connectivity index (χ0n) is 13.7. The zero-order valence-corrected chi connectivity index (χ0v) is 13.7. The van der Waals surface area contributed by atoms with Gasteiger partial charge in [-0.05, 0) is 24.3 Å². The molecule has 0 bridgehead atoms. The molecular weight excluding hydrogens is 340 g/mol. The Morgan fingerprint density at radius 1 is 1.19 bits per heavy atom. The molecule has 0 unspecified atom stereocenters. The number of carbonyl (C=O) groups excluding carboxylic acids is 1. The van der Waals surface area contributed by atoms with Crippen LogP contribution in [0.15, 0.2) is 67.8 Å². The van der Waals surface area contributed by atoms with E-state index in [-0.39, 0.29) is 12.3 Å². The summed E-state index contributed by atoms with van der Waals surface area (Å²) in [7, 11) is 0. The third kappa shape index (κ3) is 4.13. The molecule has 0 aliphatic rings. The number of rotatable bonds is 6. The quantitative estimate of drug-likeness (QED) is 0.734. The lowest BCUT2D eigenvalue weighted by Crippen LogP contribution is -2.20. The van der Waals surface area contributed by atoms with Crippen LogP contribution in [0.3, 0.4) is 0 Å². The summed E-state index contributed by atoms with van der Waals surface area (Å²) in [6.45, 7) is 3.67. The number of aromatic nitrogens is 2. The average Bonchev–Trinajstić information content (AvgIpc) is 3.13. The first kappa shape index (κ1) is 17.3. The van der Waals surface area contributed by atoms with Crippen LogP contribution >= 0.6 is 0 Å². The van der Waals surface area contributed by atoms with Gasteiger partial charge >= 0.3 is 0 Å². The Kier molecular flexibility index (Phi) is 5.07. The molecule has 26 heavy (non-hydrogen) atoms. The molecule has 0 radical (unpaired) electrons. The van der Waals surface area contributed by atoms with Crippen LogP contribution in [0.25, 0.3) is 5.70 Å². The molecule has 0 atom stereocenters. The van der Waals surface area contributed by atoms with Crippen molar-refractivity contribution in [2.45, 2.75) is 0 Å². The second kappa shape index (κ2) is 7.60. The molecule has 2 aromatic carbocycles. The lowest BCUT2D eigenvalue weighted by atomic mass is 10.1. The molecule has 0 aliphatic carbocycles. The molecule has 3 aromatic rings. The molecule has 1 heterocycles. The molecule has 1 aromatic heterocycles. The van der Waals surface area contributed by atoms with E-state index in [4.69, 9.17) is 4.74 Å². The van der Waals surface area contributed by atoms with Crippen molar-refractivity contribution >= 4 is 17.3 Å². The maximum absolute atomic E-state index is 13.2. The summed E-state index contributed by atoms with van der Waals surface area (Å²) >= 11 is 0. The highest BCUT2D eigenvalue weighted by molar-refractivity contribution is 5.92. The molecule has 1 N–H and O–H groups in total. The fraction of sp³-hybridized carbons (Fsp3) is 0.0526. The standard InChI is InChI=1S/C19H15F2N3O2/c1-13(24-7-6-22-12-24)17-4-2-3-5-18(17)26-11-19(25)23-16-9-14(20)8-15(21)10-16/h2-10,12H,1,11H2,(H,23,25). The van der Waals surface area contributed by atoms with E-state index in [1.807, 2.05) is 6.07 Å². The summed E-state index contributed by atoms with van der Waals surface area (Å²) in [5.74, 6) is -1.64. The first-order valence-electron chi connectivity index (χ1n) is 7.68. The molecule has 5 nitrogen and oxygen atoms in total. The summed E-state index contributed by atoms with van der Waals surface area (Å²) in [6, 6.07) is 9.86. The van der Waals surface area contributed by atoms with E-state index in [1.165, 1.54) is 0 Å². The second-order valence-corrected chi connectivity index (χ2v) is 5.41. The molecule has 1 amide bonds. The number of anilines is 1. The van der Waals surface area contributed by atoms with Crippen LogP contribution in [0, 0.1) is 11.6 Å². The predicted octanol–water partition coefficient (Wildman–Crippen LogP) is 3.70. The lowest BCUT2D eigenvalue weighted by molar-refractivity contribution is -0.118. The first-order chi connectivity index (χ1) is 12.5. The van der Waals surface area contributed by atoms with Crippen LogP contribution in [-0.4, -0.2) is 22.1 Å². The largest absolute Gasteiger partial charge is 0.483 e. The number of benzene rings is 2. The van der Waals surface area contributed by atoms with Gasteiger partial charge < -0.3 is 14.6 Å². The molecule has 0 fully saturated rings. The topological polar surface area (TPSA) is 56.1 Å². The zero-order chi connectivity index (χ0) is 18.5. The van der Waals surface area contributed by atoms with E-state index in [0.29, 0.717) is 17.0 Å². The highest BCUT2D eigenvalue weighted by Gasteiger charge is 2.11. The molecule has 0 saturated carbocycles. The van der Waals surface area contributed by atoms with Crippen LogP contribution in [0.2, 0.25) is 0 Å². The number of nitrogens with zero attached hydrogens (tertiary/aromatic N) is 2. The monoisotopic (exact) mass is 355 g/mol. The number of ether oxygens (including phenoxy) is 1. The second-order valence-electron chi connectivity index (χ2n) is 5.41. The summed E-state index contributed by atoms with van der Waals surface area (Å²) in [4.78, 5) is 16.0. The Morgan fingerprint density at radius 3 is 2.62 bits per heavy atom. The van der Waals surface area contributed by atoms with Gasteiger partial charge in [-0.25, -0.2) is 13.8 Å². The van der Waals surface area contributed by atoms with Gasteiger partial charge in [0.1, 0.15) is 17.4 Å². The molecule has 0 aliphatic heterocycles. The van der Waals surface area contributed by atoms with Gasteiger partial charge in [-0.2, -0.15) is 0 Å². The normalized spacial score (nSPS) is 10.4. The molecule has 0 spiro atoms. The summed E-state index contributed by atoms with van der Waals surface area (Å²) in [5, 5.41) is 2.39. The van der Waals surface area contributed by atoms with E-state index < -0.39 is 17.5 Å². The van der Waals surface area contributed by atoms with Gasteiger partial charge in [0.25, 0.3) is 5.91 Å². The van der Waals surface area contributed by atoms with Gasteiger partial charge in [-0.3, -0.25) is 4.79 Å². The fourth-order valence-electron chi connectivity index (χ4n) is 2.36. The van der Waals surface area contributed by atoms with Crippen molar-refractivity contribution in [2.24, 2.45) is 0 Å². The van der Waals surface area contributed by atoms with Crippen molar-refractivity contribution in [3.8, 4) is 5.75 Å². The van der Waals surface area contributed by atoms with E-state index in [0.717, 1.165) is 18.2 Å². The van der Waals surface area contributed by atoms with E-state index >= 15 is 0 Å². The molecule has 3 rings (SSSR count). The summed E-state index contributed by atoms with van der Waals surface area (Å²) in [5.41, 5.74) is 1.34. The van der Waals surface area contributed by atoms with Crippen LogP contribution in [0.1, 0.15) is 5.56 Å². The first-order valence-corrected chi connectivity index (χ1v) is 7.68. The van der Waals surface area contributed by atoms with Crippen molar-refractivity contribution in [2.75, 3.05) is 11.9 Å². The van der Waals surface area contributed by atoms with E-state index in [2.05, 4.69) is 16.9 Å². The van der Waals surface area contributed by atoms with Crippen molar-refractivity contribution < 1.29 is 18.3 Å². The number of carbonyl (C=O) groups is 1. The number of imidazole rings is 1. The van der Waals surface area contributed by atoms with Crippen molar-refractivity contribution in [1.82, 2.24) is 9.55 Å². The van der Waals surface area contributed by atoms with Crippen LogP contribution < -0.4 is 10.1 Å². The average molecular weight is 355 g/mol. The number of hydrogen-bond acceptors (Lipinski definition) is 3. The predicted molar refractivity (Wildman–Crippen MR) is 93.6 cm³/mol. The highest BCUT2D eigenvalue weighted by atomic mass is 19.1. The molecule has 0 saturated heterocycles. The van der Waals surface area contributed by atoms with Gasteiger partial charge in [0.2, 0.25) is 0 Å². The lowest BCUT2D eigenvalue weighted by Gasteiger charge is -2.14. The van der Waals surface area contributed by atoms with Gasteiger partial charge in [-0.15, -0.1) is 0 Å². The van der Waals surface area contributed by atoms with Gasteiger partial charge in [0, 0.05) is 29.7 Å². The van der Waals surface area contributed by atoms with Gasteiger partial charge in [0.05, 0.1) is 12.0 Å². The summed E-state index contributed by atoms with van der Waals surface area (Å²) < 4.78 is 33.6. The maximum Gasteiger partial charge on any atom is 0.262 e. The number of halogens is 2. The fourth-order valence-corrected chi connectivity index (χ4v) is 2.36. The van der Waals surface area contributed by atoms with Gasteiger partial charge in [-0.1, -0.05) is 18.7 Å². The van der Waals surface area contributed by atoms with Crippen molar-refractivity contribution in [3.63, 3.8) is 0 Å². The number of para-hydroxylation sites is 1. The minimum Gasteiger partial charge on any atom is -0.483 e. The van der Waals surface area contributed by atoms with Crippen LogP contribution in [0.4, 0.5) is 14.5 Å². The number of nitrogens with one attached hydrogen (secondary N) is 1. The number of hydrogen-bond donors (Lipinski definition) is 1. The molecule has 132 valence electrons. The van der Waals surface area contributed by atoms with E-state index in [1.54, 1.807) is 41.5 Å². The van der Waals surface area contributed by atoms with Crippen LogP contribution in [0.5, 0.6) is 5.75 Å². The van der Waals surface area contributed by atoms with Crippen molar-refractivity contribution in [3.05, 3.63) is 85.0 Å². The third-order valence-electron chi connectivity index (χ3n) is 3.52. The number of amides is 1.